The van der Waals surface area contributed by atoms with E-state index in [1.165, 1.54) is 0 Å². The van der Waals surface area contributed by atoms with Crippen LogP contribution in [-0.4, -0.2) is 69.9 Å². The second kappa shape index (κ2) is 14.6. The molecule has 1 atom stereocenters. The Balaban J connectivity index is 0.816. The average molecular weight is 765 g/mol. The summed E-state index contributed by atoms with van der Waals surface area (Å²) in [5.41, 5.74) is 12.0. The van der Waals surface area contributed by atoms with Crippen LogP contribution < -0.4 is 31.3 Å². The number of primary amides is 1. The maximum Gasteiger partial charge on any atom is 0.262 e. The lowest BCUT2D eigenvalue weighted by Gasteiger charge is -2.34. The lowest BCUT2D eigenvalue weighted by Crippen LogP contribution is -2.54. The number of nitrogens with two attached hydrogens (primary N) is 1. The van der Waals surface area contributed by atoms with Crippen LogP contribution in [0.3, 0.4) is 0 Å². The monoisotopic (exact) mass is 764 g/mol. The number of nitrogens with one attached hydrogen (secondary N) is 3. The molecule has 1 aromatic heterocycles. The maximum atomic E-state index is 13.3. The molecular formula is C43H40N8O6. The van der Waals surface area contributed by atoms with E-state index >= 15 is 0 Å². The summed E-state index contributed by atoms with van der Waals surface area (Å²) in [5, 5.41) is 14.2. The van der Waals surface area contributed by atoms with Crippen molar-refractivity contribution >= 4 is 52.4 Å². The van der Waals surface area contributed by atoms with Crippen LogP contribution in [0, 0.1) is 5.92 Å². The SMILES string of the molecule is NC(=O)c1c(-c2ccc(Oc3ccccc3)cc2)nn2c1Nc1ccc(NCC3CCN(c4ccc5c(c4)C(=O)N(C4CCC(=O)NC4=O)C5=O)CC3)cc1CC2. The molecule has 5 amide bonds. The van der Waals surface area contributed by atoms with Crippen LogP contribution in [0.4, 0.5) is 22.9 Å². The van der Waals surface area contributed by atoms with Crippen LogP contribution in [0.1, 0.15) is 62.3 Å². The van der Waals surface area contributed by atoms with Gasteiger partial charge in [-0.2, -0.15) is 5.10 Å². The number of piperidine rings is 2. The van der Waals surface area contributed by atoms with Gasteiger partial charge in [-0.15, -0.1) is 0 Å². The molecule has 0 aliphatic carbocycles. The first-order valence-electron chi connectivity index (χ1n) is 19.2. The molecular weight excluding hydrogens is 725 g/mol. The molecule has 0 spiro atoms. The fraction of sp³-hybridized carbons (Fsp3) is 0.256. The quantitative estimate of drug-likeness (QED) is 0.141. The number of rotatable bonds is 9. The number of benzene rings is 4. The lowest BCUT2D eigenvalue weighted by molar-refractivity contribution is -0.136. The predicted octanol–water partition coefficient (Wildman–Crippen LogP) is 5.47. The summed E-state index contributed by atoms with van der Waals surface area (Å²) in [5.74, 6) is -0.178. The summed E-state index contributed by atoms with van der Waals surface area (Å²) < 4.78 is 7.75. The van der Waals surface area contributed by atoms with E-state index in [-0.39, 0.29) is 18.4 Å². The van der Waals surface area contributed by atoms with Crippen molar-refractivity contribution in [3.05, 3.63) is 113 Å². The second-order valence-electron chi connectivity index (χ2n) is 14.8. The first-order chi connectivity index (χ1) is 27.7. The maximum absolute atomic E-state index is 13.3. The number of ether oxygens (including phenoxy) is 1. The number of imide groups is 2. The van der Waals surface area contributed by atoms with Gasteiger partial charge >= 0.3 is 0 Å². The van der Waals surface area contributed by atoms with E-state index in [0.717, 1.165) is 71.3 Å². The van der Waals surface area contributed by atoms with Gasteiger partial charge in [0.1, 0.15) is 34.6 Å². The summed E-state index contributed by atoms with van der Waals surface area (Å²) in [6.07, 6.45) is 2.79. The standard InChI is InChI=1S/C43H40N8O6/c44-39(53)37-38(26-6-10-31(11-7-26)57-30-4-2-1-3-5-30)48-50-21-18-27-22-28(8-13-34(27)46-40(37)50)45-24-25-16-19-49(20-17-25)29-9-12-32-33(23-29)43(56)51(42(32)55)35-14-15-36(52)47-41(35)54/h1-13,22-23,25,35,45-46H,14-21,24H2,(H2,44,53)(H,47,52,54). The zero-order chi connectivity index (χ0) is 39.2. The number of nitrogens with zero attached hydrogens (tertiary/aromatic N) is 4. The lowest BCUT2D eigenvalue weighted by atomic mass is 9.95. The molecule has 0 saturated carbocycles. The molecule has 14 heteroatoms. The van der Waals surface area contributed by atoms with Gasteiger partial charge in [0.05, 0.1) is 11.1 Å². The molecule has 2 saturated heterocycles. The summed E-state index contributed by atoms with van der Waals surface area (Å²) in [6, 6.07) is 27.5. The molecule has 5 N–H and O–H groups in total. The van der Waals surface area contributed by atoms with E-state index in [1.54, 1.807) is 12.1 Å². The number of hydrogen-bond donors (Lipinski definition) is 4. The minimum absolute atomic E-state index is 0.0827. The Labute approximate surface area is 328 Å². The minimum atomic E-state index is -0.985. The molecule has 0 radical (unpaired) electrons. The highest BCUT2D eigenvalue weighted by Crippen LogP contribution is 2.37. The summed E-state index contributed by atoms with van der Waals surface area (Å²) in [4.78, 5) is 66.6. The molecule has 1 unspecified atom stereocenters. The Kier molecular flexibility index (Phi) is 9.15. The Morgan fingerprint density at radius 1 is 0.807 bits per heavy atom. The molecule has 9 rings (SSSR count). The van der Waals surface area contributed by atoms with Gasteiger partial charge in [0, 0.05) is 55.2 Å². The summed E-state index contributed by atoms with van der Waals surface area (Å²) in [6.45, 7) is 2.94. The van der Waals surface area contributed by atoms with Crippen LogP contribution in [-0.2, 0) is 22.6 Å². The molecule has 5 aromatic rings. The van der Waals surface area contributed by atoms with Crippen molar-refractivity contribution in [2.24, 2.45) is 11.7 Å². The van der Waals surface area contributed by atoms with Crippen molar-refractivity contribution in [3.8, 4) is 22.8 Å². The van der Waals surface area contributed by atoms with Gasteiger partial charge in [0.25, 0.3) is 17.7 Å². The van der Waals surface area contributed by atoms with Gasteiger partial charge < -0.3 is 26.0 Å². The fourth-order valence-electron chi connectivity index (χ4n) is 8.19. The van der Waals surface area contributed by atoms with Crippen molar-refractivity contribution in [2.45, 2.75) is 44.7 Å². The third-order valence-electron chi connectivity index (χ3n) is 11.3. The van der Waals surface area contributed by atoms with E-state index in [1.807, 2.05) is 77.5 Å². The van der Waals surface area contributed by atoms with E-state index < -0.39 is 35.6 Å². The molecule has 288 valence electrons. The molecule has 0 bridgehead atoms. The van der Waals surface area contributed by atoms with E-state index in [9.17, 15) is 24.0 Å². The highest BCUT2D eigenvalue weighted by Gasteiger charge is 2.45. The number of amides is 5. The van der Waals surface area contributed by atoms with Crippen LogP contribution >= 0.6 is 0 Å². The zero-order valence-electron chi connectivity index (χ0n) is 31.0. The van der Waals surface area contributed by atoms with Crippen molar-refractivity contribution in [1.82, 2.24) is 20.0 Å². The van der Waals surface area contributed by atoms with Gasteiger partial charge in [-0.1, -0.05) is 18.2 Å². The third-order valence-corrected chi connectivity index (χ3v) is 11.3. The predicted molar refractivity (Wildman–Crippen MR) is 213 cm³/mol. The zero-order valence-corrected chi connectivity index (χ0v) is 31.0. The second-order valence-corrected chi connectivity index (χ2v) is 14.8. The van der Waals surface area contributed by atoms with Crippen LogP contribution in [0.2, 0.25) is 0 Å². The topological polar surface area (TPSA) is 181 Å². The minimum Gasteiger partial charge on any atom is -0.457 e. The number of carbonyl (C=O) groups excluding carboxylic acids is 5. The summed E-state index contributed by atoms with van der Waals surface area (Å²) in [7, 11) is 0. The Morgan fingerprint density at radius 2 is 1.56 bits per heavy atom. The van der Waals surface area contributed by atoms with Gasteiger partial charge in [-0.05, 0) is 110 Å². The van der Waals surface area contributed by atoms with Crippen LogP contribution in [0.25, 0.3) is 11.3 Å². The van der Waals surface area contributed by atoms with Crippen molar-refractivity contribution in [3.63, 3.8) is 0 Å². The van der Waals surface area contributed by atoms with Crippen LogP contribution in [0.5, 0.6) is 11.5 Å². The van der Waals surface area contributed by atoms with Gasteiger partial charge in [0.2, 0.25) is 11.8 Å². The van der Waals surface area contributed by atoms with E-state index in [0.29, 0.717) is 47.3 Å². The Bertz CT molecular complexity index is 2440. The highest BCUT2D eigenvalue weighted by molar-refractivity contribution is 6.23. The van der Waals surface area contributed by atoms with Crippen molar-refractivity contribution < 1.29 is 28.7 Å². The molecule has 5 heterocycles. The number of fused-ring (bicyclic) bond motifs is 3. The Morgan fingerprint density at radius 3 is 2.32 bits per heavy atom. The smallest absolute Gasteiger partial charge is 0.262 e. The molecule has 57 heavy (non-hydrogen) atoms. The van der Waals surface area contributed by atoms with E-state index in [2.05, 4.69) is 26.9 Å². The number of para-hydroxylation sites is 1. The van der Waals surface area contributed by atoms with Crippen LogP contribution in [0.15, 0.2) is 91.0 Å². The average Bonchev–Trinajstić information content (AvgIpc) is 3.63. The third kappa shape index (κ3) is 6.83. The van der Waals surface area contributed by atoms with Gasteiger partial charge in [-0.25, -0.2) is 4.68 Å². The number of hydrogen-bond acceptors (Lipinski definition) is 10. The Hall–Kier alpha value is -6.96. The van der Waals surface area contributed by atoms with Crippen molar-refractivity contribution in [1.29, 1.82) is 0 Å². The van der Waals surface area contributed by atoms with Gasteiger partial charge in [-0.3, -0.25) is 34.2 Å². The number of aromatic nitrogens is 2. The molecule has 14 nitrogen and oxygen atoms in total. The molecule has 4 aliphatic heterocycles. The normalized spacial score (nSPS) is 17.9. The van der Waals surface area contributed by atoms with Crippen molar-refractivity contribution in [2.75, 3.05) is 35.2 Å². The largest absolute Gasteiger partial charge is 0.457 e. The molecule has 2 fully saturated rings. The van der Waals surface area contributed by atoms with Gasteiger partial charge in [0.15, 0.2) is 0 Å². The number of anilines is 4. The number of aryl methyl sites for hydroxylation is 2. The molecule has 4 aliphatic rings. The summed E-state index contributed by atoms with van der Waals surface area (Å²) >= 11 is 0. The first kappa shape index (κ1) is 35.7. The highest BCUT2D eigenvalue weighted by atomic mass is 16.5. The fourth-order valence-corrected chi connectivity index (χ4v) is 8.19. The molecule has 4 aromatic carbocycles. The van der Waals surface area contributed by atoms with E-state index in [4.69, 9.17) is 15.6 Å². The first-order valence-corrected chi connectivity index (χ1v) is 19.2. The number of carbonyl (C=O) groups is 5.